The van der Waals surface area contributed by atoms with E-state index in [0.29, 0.717) is 41.8 Å². The first kappa shape index (κ1) is 25.6. The van der Waals surface area contributed by atoms with E-state index in [9.17, 15) is 9.90 Å². The van der Waals surface area contributed by atoms with Crippen molar-refractivity contribution >= 4 is 5.78 Å². The Hall–Kier alpha value is -1.09. The highest BCUT2D eigenvalue weighted by atomic mass is 16.5. The van der Waals surface area contributed by atoms with E-state index in [-0.39, 0.29) is 28.3 Å². The van der Waals surface area contributed by atoms with Crippen molar-refractivity contribution in [3.05, 3.63) is 24.5 Å². The number of allylic oxidation sites excluding steroid dienone is 2. The summed E-state index contributed by atoms with van der Waals surface area (Å²) in [6.07, 6.45) is 11.2. The maximum absolute atomic E-state index is 13.0. The van der Waals surface area contributed by atoms with Crippen molar-refractivity contribution in [2.75, 3.05) is 13.7 Å². The van der Waals surface area contributed by atoms with Gasteiger partial charge in [0.05, 0.1) is 24.9 Å². The maximum atomic E-state index is 13.0. The molecule has 0 aromatic carbocycles. The summed E-state index contributed by atoms with van der Waals surface area (Å²) in [4.78, 5) is 13.0. The van der Waals surface area contributed by atoms with E-state index in [1.54, 1.807) is 0 Å². The van der Waals surface area contributed by atoms with Crippen LogP contribution in [0.15, 0.2) is 24.5 Å². The third kappa shape index (κ3) is 2.97. The van der Waals surface area contributed by atoms with Gasteiger partial charge < -0.3 is 9.84 Å². The summed E-state index contributed by atoms with van der Waals surface area (Å²) in [6, 6.07) is 0. The summed E-state index contributed by atoms with van der Waals surface area (Å²) in [5, 5.41) is 10.4. The molecular weight excluding hydrogens is 432 g/mol. The first-order chi connectivity index (χ1) is 16.4. The Morgan fingerprint density at radius 3 is 2.29 bits per heavy atom. The van der Waals surface area contributed by atoms with Gasteiger partial charge in [-0.25, -0.2) is 0 Å². The van der Waals surface area contributed by atoms with Crippen LogP contribution in [0, 0.1) is 56.7 Å². The second kappa shape index (κ2) is 7.95. The normalized spacial score (nSPS) is 53.1. The van der Waals surface area contributed by atoms with E-state index in [1.165, 1.54) is 50.5 Å². The third-order valence-electron chi connectivity index (χ3n) is 13.8. The molecule has 10 atom stereocenters. The van der Waals surface area contributed by atoms with Gasteiger partial charge in [0.2, 0.25) is 0 Å². The Morgan fingerprint density at radius 1 is 0.943 bits per heavy atom. The molecule has 5 aliphatic carbocycles. The lowest BCUT2D eigenvalue weighted by atomic mass is 9.32. The number of aliphatic hydroxyl groups excluding tert-OH is 1. The van der Waals surface area contributed by atoms with Crippen LogP contribution in [0.25, 0.3) is 0 Å². The van der Waals surface area contributed by atoms with Crippen molar-refractivity contribution in [2.24, 2.45) is 56.7 Å². The molecule has 3 nitrogen and oxygen atoms in total. The largest absolute Gasteiger partial charge is 0.501 e. The molecule has 0 heterocycles. The van der Waals surface area contributed by atoms with Crippen molar-refractivity contribution in [1.29, 1.82) is 0 Å². The molecule has 0 aromatic rings. The molecule has 0 aliphatic heterocycles. The molecular formula is C32H50O3. The number of carbonyl (C=O) groups excluding carboxylic acids is 1. The van der Waals surface area contributed by atoms with Crippen LogP contribution < -0.4 is 0 Å². The molecule has 4 unspecified atom stereocenters. The number of fused-ring (bicyclic) bond motifs is 7. The van der Waals surface area contributed by atoms with E-state index < -0.39 is 5.41 Å². The van der Waals surface area contributed by atoms with E-state index >= 15 is 0 Å². The molecule has 196 valence electrons. The molecule has 35 heavy (non-hydrogen) atoms. The first-order valence-corrected chi connectivity index (χ1v) is 14.4. The molecule has 0 amide bonds. The number of Topliss-reactive ketones (excluding diaryl/α,β-unsaturated/α-hetero) is 1. The predicted molar refractivity (Wildman–Crippen MR) is 142 cm³/mol. The van der Waals surface area contributed by atoms with Crippen LogP contribution in [-0.2, 0) is 9.53 Å². The van der Waals surface area contributed by atoms with Crippen molar-refractivity contribution in [3.8, 4) is 0 Å². The zero-order valence-corrected chi connectivity index (χ0v) is 23.3. The van der Waals surface area contributed by atoms with Crippen LogP contribution in [0.2, 0.25) is 0 Å². The minimum atomic E-state index is -0.569. The average Bonchev–Trinajstić information content (AvgIpc) is 3.23. The average molecular weight is 483 g/mol. The second-order valence-electron chi connectivity index (χ2n) is 14.5. The van der Waals surface area contributed by atoms with Crippen molar-refractivity contribution in [2.45, 2.75) is 98.8 Å². The van der Waals surface area contributed by atoms with Crippen LogP contribution in [-0.4, -0.2) is 24.6 Å². The van der Waals surface area contributed by atoms with Gasteiger partial charge in [0.15, 0.2) is 0 Å². The lowest BCUT2D eigenvalue weighted by molar-refractivity contribution is -0.236. The quantitative estimate of drug-likeness (QED) is 0.337. The maximum Gasteiger partial charge on any atom is 0.141 e. The number of aliphatic hydroxyl groups is 1. The Morgan fingerprint density at radius 2 is 1.66 bits per heavy atom. The fourth-order valence-corrected chi connectivity index (χ4v) is 11.6. The third-order valence-corrected chi connectivity index (χ3v) is 13.8. The van der Waals surface area contributed by atoms with Gasteiger partial charge in [-0.2, -0.15) is 0 Å². The summed E-state index contributed by atoms with van der Waals surface area (Å²) in [5.74, 6) is 4.00. The Bertz CT molecular complexity index is 937. The summed E-state index contributed by atoms with van der Waals surface area (Å²) in [7, 11) is 1.82. The number of ether oxygens (including phenoxy) is 1. The number of ketones is 1. The molecule has 5 rings (SSSR count). The van der Waals surface area contributed by atoms with Gasteiger partial charge in [0.25, 0.3) is 0 Å². The lowest BCUT2D eigenvalue weighted by Gasteiger charge is -2.72. The summed E-state index contributed by atoms with van der Waals surface area (Å²) in [6.45, 7) is 21.0. The van der Waals surface area contributed by atoms with Gasteiger partial charge in [-0.1, -0.05) is 46.4 Å². The van der Waals surface area contributed by atoms with E-state index in [2.05, 4.69) is 47.8 Å². The Balaban J connectivity index is 1.57. The number of hydrogen-bond donors (Lipinski definition) is 1. The van der Waals surface area contributed by atoms with Gasteiger partial charge in [-0.3, -0.25) is 4.79 Å². The Kier molecular flexibility index (Phi) is 5.81. The molecule has 0 saturated heterocycles. The first-order valence-electron chi connectivity index (χ1n) is 14.4. The van der Waals surface area contributed by atoms with Crippen LogP contribution >= 0.6 is 0 Å². The van der Waals surface area contributed by atoms with Gasteiger partial charge in [-0.05, 0) is 111 Å². The summed E-state index contributed by atoms with van der Waals surface area (Å²) < 4.78 is 5.92. The standard InChI is InChI=1S/C32H50O3/c1-20(2)22-11-16-32(21(3)35-8)18-17-30(6)23(27(22)32)9-10-25-28(4)14-13-26(34)29(5,19-33)24(28)12-15-31(25,30)7/h22-25,27,33H,1,3,9-19H2,2,4-8H3/t22?,23?,24-,25?,27?,28+,29+,30-,31-,32-/m1/s1. The van der Waals surface area contributed by atoms with Crippen molar-refractivity contribution in [3.63, 3.8) is 0 Å². The molecule has 0 bridgehead atoms. The smallest absolute Gasteiger partial charge is 0.141 e. The molecule has 0 aromatic heterocycles. The van der Waals surface area contributed by atoms with E-state index in [1.807, 2.05) is 7.11 Å². The summed E-state index contributed by atoms with van der Waals surface area (Å²) >= 11 is 0. The fraction of sp³-hybridized carbons (Fsp3) is 0.844. The van der Waals surface area contributed by atoms with Gasteiger partial charge >= 0.3 is 0 Å². The zero-order chi connectivity index (χ0) is 25.6. The molecule has 5 saturated carbocycles. The van der Waals surface area contributed by atoms with Crippen molar-refractivity contribution in [1.82, 2.24) is 0 Å². The monoisotopic (exact) mass is 482 g/mol. The highest BCUT2D eigenvalue weighted by molar-refractivity contribution is 5.86. The highest BCUT2D eigenvalue weighted by Gasteiger charge is 2.71. The lowest BCUT2D eigenvalue weighted by Crippen LogP contribution is -2.67. The van der Waals surface area contributed by atoms with Crippen LogP contribution in [0.3, 0.4) is 0 Å². The van der Waals surface area contributed by atoms with Gasteiger partial charge in [0.1, 0.15) is 5.78 Å². The van der Waals surface area contributed by atoms with Gasteiger partial charge in [0, 0.05) is 11.8 Å². The topological polar surface area (TPSA) is 46.5 Å². The zero-order valence-electron chi connectivity index (χ0n) is 23.3. The van der Waals surface area contributed by atoms with Crippen LogP contribution in [0.5, 0.6) is 0 Å². The number of carbonyl (C=O) groups is 1. The number of hydrogen-bond acceptors (Lipinski definition) is 3. The Labute approximate surface area is 214 Å². The fourth-order valence-electron chi connectivity index (χ4n) is 11.6. The van der Waals surface area contributed by atoms with Crippen LogP contribution in [0.1, 0.15) is 98.8 Å². The van der Waals surface area contributed by atoms with Crippen molar-refractivity contribution < 1.29 is 14.6 Å². The second-order valence-corrected chi connectivity index (χ2v) is 14.5. The minimum Gasteiger partial charge on any atom is -0.501 e. The SMILES string of the molecule is C=C(C)C1CC[C@]2(C(=C)OC)CC[C@]3(C)C(CCC4[C@@]5(C)CCC(=O)[C@@](C)(CO)[C@@H]5CC[C@]43C)C12. The van der Waals surface area contributed by atoms with E-state index in [0.717, 1.165) is 18.6 Å². The van der Waals surface area contributed by atoms with E-state index in [4.69, 9.17) is 4.74 Å². The molecule has 5 fully saturated rings. The predicted octanol–water partition coefficient (Wildman–Crippen LogP) is 7.35. The van der Waals surface area contributed by atoms with Crippen LogP contribution in [0.4, 0.5) is 0 Å². The number of rotatable bonds is 4. The minimum absolute atomic E-state index is 0.000563. The molecule has 0 spiro atoms. The van der Waals surface area contributed by atoms with Gasteiger partial charge in [-0.15, -0.1) is 0 Å². The number of methoxy groups -OCH3 is 1. The molecule has 3 heteroatoms. The highest BCUT2D eigenvalue weighted by Crippen LogP contribution is 2.78. The molecule has 5 aliphatic rings. The molecule has 1 N–H and O–H groups in total. The summed E-state index contributed by atoms with van der Waals surface area (Å²) in [5.41, 5.74) is 1.51. The molecule has 0 radical (unpaired) electrons.